The first-order valence-electron chi connectivity index (χ1n) is 4.84. The van der Waals surface area contributed by atoms with E-state index in [0.717, 1.165) is 12.2 Å². The van der Waals surface area contributed by atoms with Crippen LogP contribution in [0.25, 0.3) is 0 Å². The first-order chi connectivity index (χ1) is 6.57. The van der Waals surface area contributed by atoms with Crippen molar-refractivity contribution in [3.05, 3.63) is 0 Å². The summed E-state index contributed by atoms with van der Waals surface area (Å²) in [5, 5.41) is 2.61. The number of carbonyl (C=O) groups excluding carboxylic acids is 2. The van der Waals surface area contributed by atoms with E-state index in [9.17, 15) is 9.59 Å². The van der Waals surface area contributed by atoms with E-state index in [0.29, 0.717) is 0 Å². The second kappa shape index (κ2) is 10.6. The summed E-state index contributed by atoms with van der Waals surface area (Å²) in [4.78, 5) is 21.6. The normalized spacial score (nSPS) is 10.9. The SMILES string of the molecule is CC.CSCCC(NC(C)=O)C(C)=O. The molecule has 4 heteroatoms. The minimum atomic E-state index is -0.296. The van der Waals surface area contributed by atoms with Crippen LogP contribution in [0.2, 0.25) is 0 Å². The summed E-state index contributed by atoms with van der Waals surface area (Å²) in [6, 6.07) is -0.296. The Morgan fingerprint density at radius 2 is 1.79 bits per heavy atom. The average Bonchev–Trinajstić information content (AvgIpc) is 2.14. The quantitative estimate of drug-likeness (QED) is 0.767. The Kier molecular flexibility index (Phi) is 12.0. The molecule has 1 atom stereocenters. The minimum Gasteiger partial charge on any atom is -0.347 e. The third-order valence-electron chi connectivity index (χ3n) is 1.48. The zero-order valence-electron chi connectivity index (χ0n) is 9.72. The molecule has 0 saturated heterocycles. The molecule has 1 unspecified atom stereocenters. The van der Waals surface area contributed by atoms with Crippen molar-refractivity contribution in [3.63, 3.8) is 0 Å². The van der Waals surface area contributed by atoms with Crippen LogP contribution in [0.15, 0.2) is 0 Å². The van der Waals surface area contributed by atoms with Crippen molar-refractivity contribution in [2.24, 2.45) is 0 Å². The summed E-state index contributed by atoms with van der Waals surface area (Å²) in [6.07, 6.45) is 2.70. The molecule has 0 aliphatic rings. The maximum Gasteiger partial charge on any atom is 0.217 e. The lowest BCUT2D eigenvalue weighted by molar-refractivity contribution is -0.125. The van der Waals surface area contributed by atoms with Crippen molar-refractivity contribution < 1.29 is 9.59 Å². The van der Waals surface area contributed by atoms with Gasteiger partial charge in [0.1, 0.15) is 0 Å². The Hall–Kier alpha value is -0.510. The first kappa shape index (κ1) is 15.9. The molecule has 0 spiro atoms. The zero-order chi connectivity index (χ0) is 11.6. The number of Topliss-reactive ketones (excluding diaryl/α,β-unsaturated/α-hetero) is 1. The Morgan fingerprint density at radius 3 is 2.07 bits per heavy atom. The van der Waals surface area contributed by atoms with E-state index < -0.39 is 0 Å². The van der Waals surface area contributed by atoms with Crippen LogP contribution < -0.4 is 5.32 Å². The molecule has 1 amide bonds. The van der Waals surface area contributed by atoms with E-state index in [1.165, 1.54) is 13.8 Å². The highest BCUT2D eigenvalue weighted by molar-refractivity contribution is 7.98. The van der Waals surface area contributed by atoms with E-state index in [2.05, 4.69) is 5.32 Å². The molecular formula is C10H21NO2S. The van der Waals surface area contributed by atoms with Gasteiger partial charge in [-0.25, -0.2) is 0 Å². The summed E-state index contributed by atoms with van der Waals surface area (Å²) < 4.78 is 0. The van der Waals surface area contributed by atoms with E-state index in [-0.39, 0.29) is 17.7 Å². The Balaban J connectivity index is 0. The van der Waals surface area contributed by atoms with Crippen LogP contribution in [0, 0.1) is 0 Å². The van der Waals surface area contributed by atoms with Gasteiger partial charge in [-0.05, 0) is 25.4 Å². The smallest absolute Gasteiger partial charge is 0.217 e. The number of hydrogen-bond donors (Lipinski definition) is 1. The van der Waals surface area contributed by atoms with Gasteiger partial charge in [0.15, 0.2) is 5.78 Å². The van der Waals surface area contributed by atoms with Crippen LogP contribution in [-0.2, 0) is 9.59 Å². The number of rotatable bonds is 5. The molecule has 14 heavy (non-hydrogen) atoms. The second-order valence-electron chi connectivity index (χ2n) is 2.65. The fourth-order valence-electron chi connectivity index (χ4n) is 0.858. The van der Waals surface area contributed by atoms with Gasteiger partial charge in [-0.3, -0.25) is 9.59 Å². The van der Waals surface area contributed by atoms with E-state index in [4.69, 9.17) is 0 Å². The third kappa shape index (κ3) is 9.58. The molecule has 0 heterocycles. The van der Waals surface area contributed by atoms with Crippen LogP contribution in [0.3, 0.4) is 0 Å². The molecule has 84 valence electrons. The van der Waals surface area contributed by atoms with Gasteiger partial charge in [-0.15, -0.1) is 0 Å². The van der Waals surface area contributed by atoms with Crippen molar-refractivity contribution in [2.75, 3.05) is 12.0 Å². The molecule has 1 N–H and O–H groups in total. The molecule has 0 fully saturated rings. The van der Waals surface area contributed by atoms with Crippen LogP contribution in [0.1, 0.15) is 34.1 Å². The fourth-order valence-corrected chi connectivity index (χ4v) is 1.33. The number of amides is 1. The first-order valence-corrected chi connectivity index (χ1v) is 6.23. The summed E-state index contributed by atoms with van der Waals surface area (Å²) in [5.41, 5.74) is 0. The van der Waals surface area contributed by atoms with Gasteiger partial charge in [0.25, 0.3) is 0 Å². The summed E-state index contributed by atoms with van der Waals surface area (Å²) >= 11 is 1.67. The van der Waals surface area contributed by atoms with Crippen LogP contribution >= 0.6 is 11.8 Å². The number of carbonyl (C=O) groups is 2. The Labute approximate surface area is 91.0 Å². The average molecular weight is 219 g/mol. The minimum absolute atomic E-state index is 0.0271. The molecule has 0 bridgehead atoms. The summed E-state index contributed by atoms with van der Waals surface area (Å²) in [6.45, 7) is 6.93. The molecule has 0 aromatic heterocycles. The predicted molar refractivity (Wildman–Crippen MR) is 62.6 cm³/mol. The van der Waals surface area contributed by atoms with Crippen LogP contribution in [0.4, 0.5) is 0 Å². The van der Waals surface area contributed by atoms with E-state index >= 15 is 0 Å². The van der Waals surface area contributed by atoms with E-state index in [1.54, 1.807) is 11.8 Å². The fraction of sp³-hybridized carbons (Fsp3) is 0.800. The predicted octanol–water partition coefficient (Wildman–Crippen LogP) is 1.86. The Bertz CT molecular complexity index is 172. The molecule has 0 aliphatic heterocycles. The number of ketones is 1. The van der Waals surface area contributed by atoms with Crippen LogP contribution in [-0.4, -0.2) is 29.7 Å². The van der Waals surface area contributed by atoms with Gasteiger partial charge >= 0.3 is 0 Å². The van der Waals surface area contributed by atoms with Crippen molar-refractivity contribution in [3.8, 4) is 0 Å². The zero-order valence-corrected chi connectivity index (χ0v) is 10.5. The third-order valence-corrected chi connectivity index (χ3v) is 2.12. The van der Waals surface area contributed by atoms with Gasteiger partial charge in [0.2, 0.25) is 5.91 Å². The van der Waals surface area contributed by atoms with Gasteiger partial charge in [0, 0.05) is 6.92 Å². The van der Waals surface area contributed by atoms with Crippen molar-refractivity contribution in [1.82, 2.24) is 5.32 Å². The number of hydrogen-bond acceptors (Lipinski definition) is 3. The molecular weight excluding hydrogens is 198 g/mol. The van der Waals surface area contributed by atoms with Crippen molar-refractivity contribution in [1.29, 1.82) is 0 Å². The van der Waals surface area contributed by atoms with Crippen molar-refractivity contribution >= 4 is 23.5 Å². The highest BCUT2D eigenvalue weighted by atomic mass is 32.2. The highest BCUT2D eigenvalue weighted by Gasteiger charge is 2.13. The summed E-state index contributed by atoms with van der Waals surface area (Å²) in [7, 11) is 0. The number of nitrogens with one attached hydrogen (secondary N) is 1. The second-order valence-corrected chi connectivity index (χ2v) is 3.63. The lowest BCUT2D eigenvalue weighted by Crippen LogP contribution is -2.38. The topological polar surface area (TPSA) is 46.2 Å². The molecule has 0 aromatic carbocycles. The molecule has 0 aromatic rings. The maximum absolute atomic E-state index is 11.0. The monoisotopic (exact) mass is 219 g/mol. The van der Waals surface area contributed by atoms with Gasteiger partial charge in [-0.1, -0.05) is 13.8 Å². The largest absolute Gasteiger partial charge is 0.347 e. The van der Waals surface area contributed by atoms with Crippen LogP contribution in [0.5, 0.6) is 0 Å². The molecule has 0 aliphatic carbocycles. The molecule has 0 rings (SSSR count). The molecule has 3 nitrogen and oxygen atoms in total. The molecule has 0 saturated carbocycles. The van der Waals surface area contributed by atoms with Crippen molar-refractivity contribution in [2.45, 2.75) is 40.2 Å². The highest BCUT2D eigenvalue weighted by Crippen LogP contribution is 2.01. The standard InChI is InChI=1S/C8H15NO2S.C2H6/c1-6(10)8(4-5-12-3)9-7(2)11;1-2/h8H,4-5H2,1-3H3,(H,9,11);1-2H3. The lowest BCUT2D eigenvalue weighted by Gasteiger charge is -2.13. The lowest BCUT2D eigenvalue weighted by atomic mass is 10.1. The van der Waals surface area contributed by atoms with Gasteiger partial charge < -0.3 is 5.32 Å². The number of thioether (sulfide) groups is 1. The molecule has 0 radical (unpaired) electrons. The van der Waals surface area contributed by atoms with Gasteiger partial charge in [0.05, 0.1) is 6.04 Å². The van der Waals surface area contributed by atoms with E-state index in [1.807, 2.05) is 20.1 Å². The Morgan fingerprint density at radius 1 is 1.29 bits per heavy atom. The summed E-state index contributed by atoms with van der Waals surface area (Å²) in [5.74, 6) is 0.778. The van der Waals surface area contributed by atoms with Gasteiger partial charge in [-0.2, -0.15) is 11.8 Å². The maximum atomic E-state index is 11.0.